The molecule has 19 heavy (non-hydrogen) atoms. The van der Waals surface area contributed by atoms with Gasteiger partial charge in [-0.2, -0.15) is 0 Å². The van der Waals surface area contributed by atoms with Gasteiger partial charge in [-0.3, -0.25) is 4.98 Å². The minimum atomic E-state index is 0.286. The van der Waals surface area contributed by atoms with Gasteiger partial charge in [-0.1, -0.05) is 13.8 Å². The molecule has 0 aliphatic carbocycles. The Labute approximate surface area is 116 Å². The van der Waals surface area contributed by atoms with E-state index in [4.69, 9.17) is 4.74 Å². The second-order valence-electron chi connectivity index (χ2n) is 5.80. The lowest BCUT2D eigenvalue weighted by Gasteiger charge is -2.35. The highest BCUT2D eigenvalue weighted by atomic mass is 16.5. The fourth-order valence-electron chi connectivity index (χ4n) is 2.40. The second kappa shape index (κ2) is 6.35. The molecule has 1 aliphatic rings. The molecule has 1 aliphatic heterocycles. The van der Waals surface area contributed by atoms with Crippen LogP contribution < -0.4 is 4.90 Å². The van der Waals surface area contributed by atoms with E-state index in [-0.39, 0.29) is 6.10 Å². The van der Waals surface area contributed by atoms with E-state index in [1.807, 2.05) is 6.20 Å². The normalized spacial score (nSPS) is 20.3. The van der Waals surface area contributed by atoms with Gasteiger partial charge in [-0.25, -0.2) is 0 Å². The molecule has 4 nitrogen and oxygen atoms in total. The maximum absolute atomic E-state index is 5.80. The minimum absolute atomic E-state index is 0.286. The Morgan fingerprint density at radius 1 is 1.42 bits per heavy atom. The van der Waals surface area contributed by atoms with Crippen molar-refractivity contribution < 1.29 is 4.74 Å². The van der Waals surface area contributed by atoms with Crippen molar-refractivity contribution in [2.75, 3.05) is 45.2 Å². The molecule has 106 valence electrons. The van der Waals surface area contributed by atoms with Gasteiger partial charge >= 0.3 is 0 Å². The zero-order valence-electron chi connectivity index (χ0n) is 12.5. The van der Waals surface area contributed by atoms with Crippen LogP contribution in [0.2, 0.25) is 0 Å². The summed E-state index contributed by atoms with van der Waals surface area (Å²) in [7, 11) is 4.17. The van der Waals surface area contributed by atoms with Crippen molar-refractivity contribution in [3.05, 3.63) is 24.0 Å². The lowest BCUT2D eigenvalue weighted by molar-refractivity contribution is 0.0247. The third-order valence-electron chi connectivity index (χ3n) is 3.43. The van der Waals surface area contributed by atoms with Gasteiger partial charge in [0.05, 0.1) is 24.6 Å². The Hall–Kier alpha value is -1.13. The monoisotopic (exact) mass is 263 g/mol. The Balaban J connectivity index is 2.00. The van der Waals surface area contributed by atoms with Crippen LogP contribution in [0.25, 0.3) is 0 Å². The summed E-state index contributed by atoms with van der Waals surface area (Å²) >= 11 is 0. The van der Waals surface area contributed by atoms with Crippen LogP contribution >= 0.6 is 0 Å². The largest absolute Gasteiger partial charge is 0.373 e. The van der Waals surface area contributed by atoms with E-state index in [9.17, 15) is 0 Å². The van der Waals surface area contributed by atoms with Gasteiger partial charge in [0.15, 0.2) is 0 Å². The van der Waals surface area contributed by atoms with E-state index in [0.29, 0.717) is 5.92 Å². The third-order valence-corrected chi connectivity index (χ3v) is 3.43. The molecule has 2 heterocycles. The number of hydrogen-bond donors (Lipinski definition) is 0. The van der Waals surface area contributed by atoms with Crippen LogP contribution in [0.5, 0.6) is 0 Å². The molecule has 0 saturated carbocycles. The molecule has 4 heteroatoms. The molecule has 1 aromatic rings. The van der Waals surface area contributed by atoms with Crippen LogP contribution in [0.1, 0.15) is 25.5 Å². The summed E-state index contributed by atoms with van der Waals surface area (Å²) in [4.78, 5) is 9.09. The van der Waals surface area contributed by atoms with Crippen LogP contribution in [0.3, 0.4) is 0 Å². The van der Waals surface area contributed by atoms with Crippen molar-refractivity contribution in [2.24, 2.45) is 0 Å². The maximum Gasteiger partial charge on any atom is 0.0877 e. The van der Waals surface area contributed by atoms with Crippen LogP contribution in [0.4, 0.5) is 5.69 Å². The van der Waals surface area contributed by atoms with Gasteiger partial charge in [0.2, 0.25) is 0 Å². The number of likely N-dealkylation sites (N-methyl/N-ethyl adjacent to an activating group) is 1. The molecule has 1 unspecified atom stereocenters. The van der Waals surface area contributed by atoms with Crippen molar-refractivity contribution >= 4 is 5.69 Å². The number of ether oxygens (including phenoxy) is 1. The van der Waals surface area contributed by atoms with E-state index in [0.717, 1.165) is 31.9 Å². The Morgan fingerprint density at radius 3 is 2.79 bits per heavy atom. The first kappa shape index (κ1) is 14.3. The molecule has 1 fully saturated rings. The van der Waals surface area contributed by atoms with Crippen LogP contribution in [0, 0.1) is 0 Å². The fraction of sp³-hybridized carbons (Fsp3) is 0.667. The van der Waals surface area contributed by atoms with Crippen molar-refractivity contribution in [3.63, 3.8) is 0 Å². The highest BCUT2D eigenvalue weighted by Gasteiger charge is 2.21. The molecular formula is C15H25N3O. The lowest BCUT2D eigenvalue weighted by Crippen LogP contribution is -2.46. The quantitative estimate of drug-likeness (QED) is 0.830. The zero-order chi connectivity index (χ0) is 13.8. The smallest absolute Gasteiger partial charge is 0.0877 e. The van der Waals surface area contributed by atoms with Gasteiger partial charge in [0, 0.05) is 25.3 Å². The summed E-state index contributed by atoms with van der Waals surface area (Å²) in [6, 6.07) is 4.32. The molecule has 0 spiro atoms. The van der Waals surface area contributed by atoms with E-state index >= 15 is 0 Å². The highest BCUT2D eigenvalue weighted by Crippen LogP contribution is 2.19. The number of anilines is 1. The summed E-state index contributed by atoms with van der Waals surface area (Å²) in [5.74, 6) is 0.486. The maximum atomic E-state index is 5.80. The topological polar surface area (TPSA) is 28.6 Å². The summed E-state index contributed by atoms with van der Waals surface area (Å²) in [5, 5.41) is 0. The van der Waals surface area contributed by atoms with E-state index in [2.05, 4.69) is 54.9 Å². The summed E-state index contributed by atoms with van der Waals surface area (Å²) in [6.07, 6.45) is 2.28. The van der Waals surface area contributed by atoms with Crippen LogP contribution in [0.15, 0.2) is 18.3 Å². The number of morpholine rings is 1. The standard InChI is InChI=1S/C15H25N3O/c1-12(2)15-6-5-13(9-16-15)18-7-8-19-14(11-18)10-17(3)4/h5-6,9,12,14H,7-8,10-11H2,1-4H3. The van der Waals surface area contributed by atoms with E-state index in [1.54, 1.807) is 0 Å². The molecule has 2 rings (SSSR count). The van der Waals surface area contributed by atoms with Crippen LogP contribution in [-0.4, -0.2) is 56.3 Å². The average molecular weight is 263 g/mol. The molecule has 0 aromatic carbocycles. The summed E-state index contributed by atoms with van der Waals surface area (Å²) in [6.45, 7) is 8.00. The summed E-state index contributed by atoms with van der Waals surface area (Å²) in [5.41, 5.74) is 2.36. The highest BCUT2D eigenvalue weighted by molar-refractivity contribution is 5.45. The SMILES string of the molecule is CC(C)c1ccc(N2CCOC(CN(C)C)C2)cn1. The molecular weight excluding hydrogens is 238 g/mol. The first-order valence-electron chi connectivity index (χ1n) is 7.03. The number of nitrogens with zero attached hydrogens (tertiary/aromatic N) is 3. The third kappa shape index (κ3) is 3.91. The molecule has 1 aromatic heterocycles. The van der Waals surface area contributed by atoms with Gasteiger partial charge in [0.1, 0.15) is 0 Å². The number of rotatable bonds is 4. The Bertz CT molecular complexity index is 389. The number of pyridine rings is 1. The first-order chi connectivity index (χ1) is 9.06. The summed E-state index contributed by atoms with van der Waals surface area (Å²) < 4.78 is 5.80. The van der Waals surface area contributed by atoms with Gasteiger partial charge < -0.3 is 14.5 Å². The lowest BCUT2D eigenvalue weighted by atomic mass is 10.1. The van der Waals surface area contributed by atoms with Crippen molar-refractivity contribution in [1.29, 1.82) is 0 Å². The minimum Gasteiger partial charge on any atom is -0.373 e. The second-order valence-corrected chi connectivity index (χ2v) is 5.80. The molecule has 0 N–H and O–H groups in total. The Morgan fingerprint density at radius 2 is 2.21 bits per heavy atom. The van der Waals surface area contributed by atoms with Crippen molar-refractivity contribution in [1.82, 2.24) is 9.88 Å². The van der Waals surface area contributed by atoms with Crippen LogP contribution in [-0.2, 0) is 4.74 Å². The molecule has 1 saturated heterocycles. The van der Waals surface area contributed by atoms with E-state index < -0.39 is 0 Å². The first-order valence-corrected chi connectivity index (χ1v) is 7.03. The van der Waals surface area contributed by atoms with Crippen molar-refractivity contribution in [2.45, 2.75) is 25.9 Å². The van der Waals surface area contributed by atoms with Gasteiger partial charge in [-0.05, 0) is 32.1 Å². The molecule has 0 bridgehead atoms. The van der Waals surface area contributed by atoms with Gasteiger partial charge in [-0.15, -0.1) is 0 Å². The fourth-order valence-corrected chi connectivity index (χ4v) is 2.40. The Kier molecular flexibility index (Phi) is 4.77. The van der Waals surface area contributed by atoms with Gasteiger partial charge in [0.25, 0.3) is 0 Å². The number of aromatic nitrogens is 1. The molecule has 0 amide bonds. The molecule has 0 radical (unpaired) electrons. The average Bonchev–Trinajstić information content (AvgIpc) is 2.38. The zero-order valence-corrected chi connectivity index (χ0v) is 12.5. The van der Waals surface area contributed by atoms with Crippen molar-refractivity contribution in [3.8, 4) is 0 Å². The predicted octanol–water partition coefficient (Wildman–Crippen LogP) is 1.97. The molecule has 1 atom stereocenters. The number of hydrogen-bond acceptors (Lipinski definition) is 4. The predicted molar refractivity (Wildman–Crippen MR) is 78.8 cm³/mol. The van der Waals surface area contributed by atoms with E-state index in [1.165, 1.54) is 5.69 Å².